The second-order valence-corrected chi connectivity index (χ2v) is 7.45. The first kappa shape index (κ1) is 22.0. The summed E-state index contributed by atoms with van der Waals surface area (Å²) in [6.07, 6.45) is 0. The molecule has 0 heterocycles. The van der Waals surface area contributed by atoms with Gasteiger partial charge in [0.15, 0.2) is 6.61 Å². The van der Waals surface area contributed by atoms with Gasteiger partial charge in [-0.15, -0.1) is 0 Å². The predicted molar refractivity (Wildman–Crippen MR) is 119 cm³/mol. The molecule has 3 aromatic rings. The summed E-state index contributed by atoms with van der Waals surface area (Å²) in [7, 11) is 0. The van der Waals surface area contributed by atoms with Crippen molar-refractivity contribution in [3.63, 3.8) is 0 Å². The van der Waals surface area contributed by atoms with Gasteiger partial charge in [0, 0.05) is 17.8 Å². The molecule has 3 aromatic carbocycles. The number of carbonyl (C=O) groups is 2. The number of carbonyl (C=O) groups excluding carboxylic acids is 2. The van der Waals surface area contributed by atoms with E-state index in [0.717, 1.165) is 11.1 Å². The zero-order valence-electron chi connectivity index (χ0n) is 17.5. The third-order valence-electron chi connectivity index (χ3n) is 4.68. The molecule has 160 valence electrons. The summed E-state index contributed by atoms with van der Waals surface area (Å²) in [6, 6.07) is 20.2. The van der Waals surface area contributed by atoms with Crippen molar-refractivity contribution in [1.29, 1.82) is 0 Å². The highest BCUT2D eigenvalue weighted by Crippen LogP contribution is 2.20. The van der Waals surface area contributed by atoms with Crippen LogP contribution >= 0.6 is 0 Å². The molecule has 0 saturated heterocycles. The number of amides is 2. The second kappa shape index (κ2) is 10.4. The largest absolute Gasteiger partial charge is 0.484 e. The Morgan fingerprint density at radius 3 is 2.45 bits per heavy atom. The van der Waals surface area contributed by atoms with Crippen molar-refractivity contribution in [1.82, 2.24) is 5.32 Å². The molecular formula is C25H25FN2O3. The molecule has 3 rings (SSSR count). The molecule has 5 nitrogen and oxygen atoms in total. The highest BCUT2D eigenvalue weighted by Gasteiger charge is 2.08. The molecule has 0 aliphatic heterocycles. The lowest BCUT2D eigenvalue weighted by atomic mass is 10.0. The third-order valence-corrected chi connectivity index (χ3v) is 4.68. The van der Waals surface area contributed by atoms with Crippen LogP contribution in [0.5, 0.6) is 5.75 Å². The summed E-state index contributed by atoms with van der Waals surface area (Å²) in [5, 5.41) is 5.57. The van der Waals surface area contributed by atoms with Gasteiger partial charge >= 0.3 is 0 Å². The molecule has 0 aromatic heterocycles. The Morgan fingerprint density at radius 1 is 0.968 bits per heavy atom. The minimum atomic E-state index is -0.397. The van der Waals surface area contributed by atoms with Crippen LogP contribution in [0, 0.1) is 5.82 Å². The molecular weight excluding hydrogens is 395 g/mol. The monoisotopic (exact) mass is 420 g/mol. The number of ether oxygens (including phenoxy) is 1. The SMILES string of the molecule is CC(C)c1cccc(OCC(=O)NCc2cccc(NC(=O)c3ccc(F)cc3)c2)c1. The lowest BCUT2D eigenvalue weighted by Crippen LogP contribution is -2.28. The van der Waals surface area contributed by atoms with Crippen LogP contribution in [0.2, 0.25) is 0 Å². The van der Waals surface area contributed by atoms with E-state index in [0.29, 0.717) is 29.5 Å². The molecule has 31 heavy (non-hydrogen) atoms. The number of hydrogen-bond acceptors (Lipinski definition) is 3. The van der Waals surface area contributed by atoms with E-state index >= 15 is 0 Å². The lowest BCUT2D eigenvalue weighted by molar-refractivity contribution is -0.123. The first-order chi connectivity index (χ1) is 14.9. The van der Waals surface area contributed by atoms with Gasteiger partial charge in [-0.3, -0.25) is 9.59 Å². The summed E-state index contributed by atoms with van der Waals surface area (Å²) >= 11 is 0. The van der Waals surface area contributed by atoms with Gasteiger partial charge in [-0.25, -0.2) is 4.39 Å². The fourth-order valence-electron chi connectivity index (χ4n) is 2.93. The molecule has 0 bridgehead atoms. The first-order valence-corrected chi connectivity index (χ1v) is 10.1. The quantitative estimate of drug-likeness (QED) is 0.545. The van der Waals surface area contributed by atoms with Gasteiger partial charge in [-0.1, -0.05) is 38.1 Å². The van der Waals surface area contributed by atoms with Crippen molar-refractivity contribution in [3.8, 4) is 5.75 Å². The minimum Gasteiger partial charge on any atom is -0.484 e. The van der Waals surface area contributed by atoms with Gasteiger partial charge in [-0.05, 0) is 65.6 Å². The van der Waals surface area contributed by atoms with Crippen LogP contribution in [-0.4, -0.2) is 18.4 Å². The van der Waals surface area contributed by atoms with E-state index in [4.69, 9.17) is 4.74 Å². The average Bonchev–Trinajstić information content (AvgIpc) is 2.77. The number of hydrogen-bond donors (Lipinski definition) is 2. The molecule has 2 N–H and O–H groups in total. The smallest absolute Gasteiger partial charge is 0.258 e. The van der Waals surface area contributed by atoms with Gasteiger partial charge in [0.1, 0.15) is 11.6 Å². The van der Waals surface area contributed by atoms with E-state index in [1.807, 2.05) is 30.3 Å². The Bertz CT molecular complexity index is 1050. The number of anilines is 1. The Kier molecular flexibility index (Phi) is 7.38. The highest BCUT2D eigenvalue weighted by atomic mass is 19.1. The standard InChI is InChI=1S/C25H25FN2O3/c1-17(2)20-6-4-8-23(14-20)31-16-24(29)27-15-18-5-3-7-22(13-18)28-25(30)19-9-11-21(26)12-10-19/h3-14,17H,15-16H2,1-2H3,(H,27,29)(H,28,30). The maximum absolute atomic E-state index is 13.0. The highest BCUT2D eigenvalue weighted by molar-refractivity contribution is 6.04. The summed E-state index contributed by atoms with van der Waals surface area (Å²) in [6.45, 7) is 4.42. The van der Waals surface area contributed by atoms with Crippen molar-refractivity contribution in [2.75, 3.05) is 11.9 Å². The van der Waals surface area contributed by atoms with E-state index in [2.05, 4.69) is 24.5 Å². The Labute approximate surface area is 181 Å². The molecule has 6 heteroatoms. The normalized spacial score (nSPS) is 10.6. The Hall–Kier alpha value is -3.67. The summed E-state index contributed by atoms with van der Waals surface area (Å²) in [5.41, 5.74) is 2.92. The van der Waals surface area contributed by atoms with E-state index in [-0.39, 0.29) is 18.4 Å². The molecule has 0 saturated carbocycles. The van der Waals surface area contributed by atoms with Crippen LogP contribution in [0.25, 0.3) is 0 Å². The summed E-state index contributed by atoms with van der Waals surface area (Å²) < 4.78 is 18.6. The summed E-state index contributed by atoms with van der Waals surface area (Å²) in [4.78, 5) is 24.4. The fraction of sp³-hybridized carbons (Fsp3) is 0.200. The van der Waals surface area contributed by atoms with Gasteiger partial charge in [-0.2, -0.15) is 0 Å². The van der Waals surface area contributed by atoms with Crippen molar-refractivity contribution < 1.29 is 18.7 Å². The van der Waals surface area contributed by atoms with E-state index in [9.17, 15) is 14.0 Å². The topological polar surface area (TPSA) is 67.4 Å². The molecule has 2 amide bonds. The predicted octanol–water partition coefficient (Wildman–Crippen LogP) is 4.90. The van der Waals surface area contributed by atoms with Crippen molar-refractivity contribution in [2.45, 2.75) is 26.3 Å². The van der Waals surface area contributed by atoms with E-state index in [1.165, 1.54) is 24.3 Å². The zero-order valence-corrected chi connectivity index (χ0v) is 17.5. The maximum atomic E-state index is 13.0. The van der Waals surface area contributed by atoms with Gasteiger partial charge in [0.2, 0.25) is 0 Å². The van der Waals surface area contributed by atoms with Crippen molar-refractivity contribution in [3.05, 3.63) is 95.3 Å². The van der Waals surface area contributed by atoms with Gasteiger partial charge in [0.05, 0.1) is 0 Å². The number of rotatable bonds is 8. The van der Waals surface area contributed by atoms with Crippen LogP contribution in [0.15, 0.2) is 72.8 Å². The van der Waals surface area contributed by atoms with Crippen molar-refractivity contribution >= 4 is 17.5 Å². The van der Waals surface area contributed by atoms with Crippen LogP contribution in [-0.2, 0) is 11.3 Å². The molecule has 0 radical (unpaired) electrons. The zero-order chi connectivity index (χ0) is 22.2. The molecule has 0 aliphatic carbocycles. The van der Waals surface area contributed by atoms with Gasteiger partial charge < -0.3 is 15.4 Å². The minimum absolute atomic E-state index is 0.0808. The number of nitrogens with one attached hydrogen (secondary N) is 2. The van der Waals surface area contributed by atoms with Crippen LogP contribution < -0.4 is 15.4 Å². The number of benzene rings is 3. The molecule has 0 spiro atoms. The lowest BCUT2D eigenvalue weighted by Gasteiger charge is -2.11. The molecule has 0 aliphatic rings. The van der Waals surface area contributed by atoms with Crippen molar-refractivity contribution in [2.24, 2.45) is 0 Å². The van der Waals surface area contributed by atoms with E-state index in [1.54, 1.807) is 18.2 Å². The van der Waals surface area contributed by atoms with Crippen LogP contribution in [0.4, 0.5) is 10.1 Å². The third kappa shape index (κ3) is 6.67. The van der Waals surface area contributed by atoms with Crippen LogP contribution in [0.3, 0.4) is 0 Å². The molecule has 0 atom stereocenters. The van der Waals surface area contributed by atoms with E-state index < -0.39 is 5.82 Å². The van der Waals surface area contributed by atoms with Gasteiger partial charge in [0.25, 0.3) is 11.8 Å². The maximum Gasteiger partial charge on any atom is 0.258 e. The Morgan fingerprint density at radius 2 is 1.71 bits per heavy atom. The molecule has 0 fully saturated rings. The Balaban J connectivity index is 1.50. The fourth-order valence-corrected chi connectivity index (χ4v) is 2.93. The summed E-state index contributed by atoms with van der Waals surface area (Å²) in [5.74, 6) is 0.0693. The van der Waals surface area contributed by atoms with Crippen LogP contribution in [0.1, 0.15) is 41.3 Å². The second-order valence-electron chi connectivity index (χ2n) is 7.45. The average molecular weight is 420 g/mol. The molecule has 0 unspecified atom stereocenters. The number of halogens is 1. The first-order valence-electron chi connectivity index (χ1n) is 10.1.